The van der Waals surface area contributed by atoms with E-state index in [-0.39, 0.29) is 0 Å². The van der Waals surface area contributed by atoms with Gasteiger partial charge in [0.1, 0.15) is 5.75 Å². The summed E-state index contributed by atoms with van der Waals surface area (Å²) in [5.74, 6) is 1.67. The highest BCUT2D eigenvalue weighted by Gasteiger charge is 2.23. The predicted octanol–water partition coefficient (Wildman–Crippen LogP) is 2.45. The minimum atomic E-state index is -0.516. The van der Waals surface area contributed by atoms with Crippen molar-refractivity contribution in [2.24, 2.45) is 7.05 Å². The Kier molecular flexibility index (Phi) is 4.40. The summed E-state index contributed by atoms with van der Waals surface area (Å²) in [6, 6.07) is 14.7. The first-order valence-corrected chi connectivity index (χ1v) is 9.81. The summed E-state index contributed by atoms with van der Waals surface area (Å²) in [4.78, 5) is 27.6. The van der Waals surface area contributed by atoms with Crippen molar-refractivity contribution in [1.29, 1.82) is 0 Å². The van der Waals surface area contributed by atoms with Crippen LogP contribution in [0.5, 0.6) is 5.75 Å². The van der Waals surface area contributed by atoms with Gasteiger partial charge in [-0.25, -0.2) is 9.20 Å². The van der Waals surface area contributed by atoms with E-state index in [9.17, 15) is 9.59 Å². The number of benzene rings is 2. The quantitative estimate of drug-likeness (QED) is 0.466. The Labute approximate surface area is 180 Å². The molecule has 3 aromatic heterocycles. The number of aromatic nitrogens is 6. The monoisotopic (exact) mass is 436 g/mol. The molecule has 0 spiro atoms. The summed E-state index contributed by atoms with van der Waals surface area (Å²) in [5, 5.41) is 9.32. The number of imidazole rings is 1. The summed E-state index contributed by atoms with van der Waals surface area (Å²) >= 11 is 6.00. The zero-order valence-corrected chi connectivity index (χ0v) is 17.4. The second kappa shape index (κ2) is 7.13. The standard InChI is InChI=1S/C21H17ClN6O3/c1-26-19-16(18(29)23-21(26)30)27(11-12-3-7-14(22)8-4-12)20-25-24-17(28(19)20)13-5-9-15(31-2)10-6-13/h3-10H,11H2,1-2H3,(H,23,29,30). The van der Waals surface area contributed by atoms with Crippen LogP contribution in [0.3, 0.4) is 0 Å². The summed E-state index contributed by atoms with van der Waals surface area (Å²) in [7, 11) is 3.20. The molecular weight excluding hydrogens is 420 g/mol. The van der Waals surface area contributed by atoms with E-state index >= 15 is 0 Å². The fourth-order valence-corrected chi connectivity index (χ4v) is 3.82. The lowest BCUT2D eigenvalue weighted by Gasteiger charge is -2.05. The maximum absolute atomic E-state index is 12.8. The van der Waals surface area contributed by atoms with E-state index in [0.29, 0.717) is 40.1 Å². The van der Waals surface area contributed by atoms with Gasteiger partial charge in [-0.1, -0.05) is 23.7 Å². The van der Waals surface area contributed by atoms with Gasteiger partial charge in [-0.3, -0.25) is 18.9 Å². The third kappa shape index (κ3) is 3.01. The van der Waals surface area contributed by atoms with Crippen LogP contribution < -0.4 is 16.0 Å². The Morgan fingerprint density at radius 1 is 1.03 bits per heavy atom. The van der Waals surface area contributed by atoms with Crippen molar-refractivity contribution in [1.82, 2.24) is 28.7 Å². The molecule has 156 valence electrons. The van der Waals surface area contributed by atoms with Gasteiger partial charge in [0.05, 0.1) is 13.7 Å². The first-order valence-electron chi connectivity index (χ1n) is 9.43. The minimum absolute atomic E-state index is 0.330. The Morgan fingerprint density at radius 3 is 2.42 bits per heavy atom. The molecule has 0 aliphatic carbocycles. The number of aryl methyl sites for hydroxylation is 1. The van der Waals surface area contributed by atoms with Crippen LogP contribution in [-0.4, -0.2) is 35.8 Å². The van der Waals surface area contributed by atoms with Crippen LogP contribution in [-0.2, 0) is 13.6 Å². The van der Waals surface area contributed by atoms with E-state index in [4.69, 9.17) is 16.3 Å². The van der Waals surface area contributed by atoms with E-state index in [1.807, 2.05) is 36.4 Å². The van der Waals surface area contributed by atoms with Gasteiger partial charge in [-0.15, -0.1) is 10.2 Å². The van der Waals surface area contributed by atoms with Gasteiger partial charge in [0.2, 0.25) is 5.78 Å². The topological polar surface area (TPSA) is 99.2 Å². The lowest BCUT2D eigenvalue weighted by atomic mass is 10.2. The number of methoxy groups -OCH3 is 1. The number of fused-ring (bicyclic) bond motifs is 3. The van der Waals surface area contributed by atoms with Gasteiger partial charge in [-0.05, 0) is 42.0 Å². The smallest absolute Gasteiger partial charge is 0.329 e. The molecule has 0 saturated carbocycles. The van der Waals surface area contributed by atoms with E-state index in [2.05, 4.69) is 15.2 Å². The maximum atomic E-state index is 12.8. The van der Waals surface area contributed by atoms with Crippen LogP contribution in [0.15, 0.2) is 58.1 Å². The molecule has 10 heteroatoms. The molecule has 9 nitrogen and oxygen atoms in total. The first kappa shape index (κ1) is 19.1. The van der Waals surface area contributed by atoms with Crippen molar-refractivity contribution in [3.63, 3.8) is 0 Å². The molecule has 0 amide bonds. The predicted molar refractivity (Wildman–Crippen MR) is 117 cm³/mol. The van der Waals surface area contributed by atoms with E-state index in [1.165, 1.54) is 4.57 Å². The number of nitrogens with zero attached hydrogens (tertiary/aromatic N) is 5. The highest BCUT2D eigenvalue weighted by molar-refractivity contribution is 6.30. The molecule has 0 atom stereocenters. The van der Waals surface area contributed by atoms with E-state index in [0.717, 1.165) is 11.1 Å². The summed E-state index contributed by atoms with van der Waals surface area (Å²) in [5.41, 5.74) is 1.43. The fourth-order valence-electron chi connectivity index (χ4n) is 3.69. The van der Waals surface area contributed by atoms with Crippen LogP contribution in [0.1, 0.15) is 5.56 Å². The van der Waals surface area contributed by atoms with Gasteiger partial charge < -0.3 is 4.74 Å². The van der Waals surface area contributed by atoms with Crippen molar-refractivity contribution in [3.8, 4) is 17.1 Å². The van der Waals surface area contributed by atoms with Gasteiger partial charge in [0.25, 0.3) is 5.56 Å². The number of ether oxygens (including phenoxy) is 1. The van der Waals surface area contributed by atoms with Gasteiger partial charge in [0.15, 0.2) is 17.0 Å². The van der Waals surface area contributed by atoms with Crippen molar-refractivity contribution in [2.45, 2.75) is 6.54 Å². The lowest BCUT2D eigenvalue weighted by Crippen LogP contribution is -2.29. The highest BCUT2D eigenvalue weighted by atomic mass is 35.5. The second-order valence-electron chi connectivity index (χ2n) is 7.09. The van der Waals surface area contributed by atoms with Crippen LogP contribution in [0.4, 0.5) is 0 Å². The van der Waals surface area contributed by atoms with Gasteiger partial charge in [-0.2, -0.15) is 0 Å². The molecule has 5 aromatic rings. The van der Waals surface area contributed by atoms with Crippen molar-refractivity contribution >= 4 is 28.5 Å². The third-order valence-corrected chi connectivity index (χ3v) is 5.49. The number of hydrogen-bond acceptors (Lipinski definition) is 5. The zero-order valence-electron chi connectivity index (χ0n) is 16.7. The Hall–Kier alpha value is -3.85. The number of nitrogens with one attached hydrogen (secondary N) is 1. The second-order valence-corrected chi connectivity index (χ2v) is 7.53. The molecule has 2 aromatic carbocycles. The minimum Gasteiger partial charge on any atom is -0.497 e. The van der Waals surface area contributed by atoms with Gasteiger partial charge >= 0.3 is 5.69 Å². The Morgan fingerprint density at radius 2 is 1.74 bits per heavy atom. The summed E-state index contributed by atoms with van der Waals surface area (Å²) in [6.45, 7) is 0.353. The van der Waals surface area contributed by atoms with Crippen molar-refractivity contribution in [3.05, 3.63) is 80.0 Å². The third-order valence-electron chi connectivity index (χ3n) is 5.24. The van der Waals surface area contributed by atoms with Crippen LogP contribution in [0.25, 0.3) is 28.3 Å². The molecule has 1 N–H and O–H groups in total. The van der Waals surface area contributed by atoms with Crippen LogP contribution in [0, 0.1) is 0 Å². The number of halogens is 1. The number of hydrogen-bond donors (Lipinski definition) is 1. The molecule has 0 aliphatic rings. The van der Waals surface area contributed by atoms with Gasteiger partial charge in [0, 0.05) is 17.6 Å². The number of rotatable bonds is 4. The molecule has 0 radical (unpaired) electrons. The average molecular weight is 437 g/mol. The molecular formula is C21H17ClN6O3. The molecule has 0 unspecified atom stereocenters. The fraction of sp³-hybridized carbons (Fsp3) is 0.143. The molecule has 5 rings (SSSR count). The molecule has 0 bridgehead atoms. The van der Waals surface area contributed by atoms with E-state index < -0.39 is 11.2 Å². The van der Waals surface area contributed by atoms with Crippen molar-refractivity contribution < 1.29 is 4.74 Å². The van der Waals surface area contributed by atoms with Crippen LogP contribution in [0.2, 0.25) is 5.02 Å². The Balaban J connectivity index is 1.83. The molecule has 31 heavy (non-hydrogen) atoms. The first-order chi connectivity index (χ1) is 15.0. The summed E-state index contributed by atoms with van der Waals surface area (Å²) in [6.07, 6.45) is 0. The SMILES string of the molecule is COc1ccc(-c2nnc3n(Cc4ccc(Cl)cc4)c4c(=O)[nH]c(=O)n(C)c4n23)cc1. The highest BCUT2D eigenvalue weighted by Crippen LogP contribution is 2.26. The normalized spacial score (nSPS) is 11.5. The zero-order chi connectivity index (χ0) is 21.7. The molecule has 0 saturated heterocycles. The molecule has 0 fully saturated rings. The largest absolute Gasteiger partial charge is 0.497 e. The van der Waals surface area contributed by atoms with E-state index in [1.54, 1.807) is 35.3 Å². The van der Waals surface area contributed by atoms with Crippen molar-refractivity contribution in [2.75, 3.05) is 7.11 Å². The number of aromatic amines is 1. The molecule has 0 aliphatic heterocycles. The average Bonchev–Trinajstić information content (AvgIpc) is 3.33. The molecule has 3 heterocycles. The lowest BCUT2D eigenvalue weighted by molar-refractivity contribution is 0.415. The maximum Gasteiger partial charge on any atom is 0.329 e. The number of H-pyrrole nitrogens is 1. The van der Waals surface area contributed by atoms with Crippen LogP contribution >= 0.6 is 11.6 Å². The summed E-state index contributed by atoms with van der Waals surface area (Å²) < 4.78 is 10.1. The Bertz CT molecular complexity index is 1540.